The van der Waals surface area contributed by atoms with Crippen LogP contribution in [-0.2, 0) is 16.0 Å². The van der Waals surface area contributed by atoms with Crippen molar-refractivity contribution in [1.82, 2.24) is 15.0 Å². The van der Waals surface area contributed by atoms with Gasteiger partial charge in [0, 0.05) is 19.4 Å². The lowest BCUT2D eigenvalue weighted by atomic mass is 10.2. The van der Waals surface area contributed by atoms with Crippen molar-refractivity contribution in [2.75, 3.05) is 6.54 Å². The molecule has 1 amide bonds. The Morgan fingerprint density at radius 1 is 1.45 bits per heavy atom. The molecule has 0 radical (unpaired) electrons. The third-order valence-electron chi connectivity index (χ3n) is 3.62. The molecule has 1 saturated heterocycles. The Balaban J connectivity index is 1.58. The molecule has 2 aromatic rings. The lowest BCUT2D eigenvalue weighted by Gasteiger charge is -2.20. The number of nitrogens with zero attached hydrogens (tertiary/aromatic N) is 3. The molecule has 3 heterocycles. The number of aliphatic carboxylic acids is 1. The highest BCUT2D eigenvalue weighted by atomic mass is 16.5. The van der Waals surface area contributed by atoms with E-state index in [2.05, 4.69) is 10.1 Å². The molecule has 0 saturated carbocycles. The number of hydrogen-bond acceptors (Lipinski definition) is 6. The topological polar surface area (TPSA) is 110 Å². The third-order valence-corrected chi connectivity index (χ3v) is 3.62. The zero-order valence-electron chi connectivity index (χ0n) is 11.8. The molecule has 1 fully saturated rings. The predicted octanol–water partition coefficient (Wildman–Crippen LogP) is 1.34. The average Bonchev–Trinajstić information content (AvgIpc) is 3.23. The molecule has 22 heavy (non-hydrogen) atoms. The van der Waals surface area contributed by atoms with Crippen LogP contribution in [0.3, 0.4) is 0 Å². The molecular weight excluding hydrogens is 290 g/mol. The second kappa shape index (κ2) is 6.00. The molecule has 8 nitrogen and oxygen atoms in total. The largest absolute Gasteiger partial charge is 0.480 e. The first kappa shape index (κ1) is 14.3. The smallest absolute Gasteiger partial charge is 0.326 e. The summed E-state index contributed by atoms with van der Waals surface area (Å²) in [6.07, 6.45) is 3.14. The van der Waals surface area contributed by atoms with Gasteiger partial charge in [-0.25, -0.2) is 4.79 Å². The molecule has 1 atom stereocenters. The van der Waals surface area contributed by atoms with Crippen LogP contribution in [0.4, 0.5) is 0 Å². The number of aryl methyl sites for hydroxylation is 1. The van der Waals surface area contributed by atoms with Gasteiger partial charge in [0.2, 0.25) is 17.6 Å². The van der Waals surface area contributed by atoms with Crippen molar-refractivity contribution in [3.05, 3.63) is 24.3 Å². The molecule has 2 aromatic heterocycles. The van der Waals surface area contributed by atoms with Gasteiger partial charge in [-0.1, -0.05) is 5.16 Å². The maximum absolute atomic E-state index is 12.1. The number of carboxylic acids is 1. The van der Waals surface area contributed by atoms with Gasteiger partial charge in [-0.3, -0.25) is 4.79 Å². The summed E-state index contributed by atoms with van der Waals surface area (Å²) in [6, 6.07) is 2.71. The fourth-order valence-corrected chi connectivity index (χ4v) is 2.54. The second-order valence-corrected chi connectivity index (χ2v) is 5.07. The number of carbonyl (C=O) groups is 2. The number of likely N-dealkylation sites (tertiary alicyclic amines) is 1. The molecule has 1 aliphatic heterocycles. The number of carbonyl (C=O) groups excluding carboxylic acids is 1. The quantitative estimate of drug-likeness (QED) is 0.887. The minimum absolute atomic E-state index is 0.142. The maximum atomic E-state index is 12.1. The Kier molecular flexibility index (Phi) is 3.90. The molecule has 0 spiro atoms. The summed E-state index contributed by atoms with van der Waals surface area (Å²) in [4.78, 5) is 28.8. The molecule has 8 heteroatoms. The highest BCUT2D eigenvalue weighted by molar-refractivity contribution is 5.84. The van der Waals surface area contributed by atoms with Crippen LogP contribution in [0.1, 0.15) is 25.2 Å². The highest BCUT2D eigenvalue weighted by Crippen LogP contribution is 2.20. The van der Waals surface area contributed by atoms with Crippen molar-refractivity contribution >= 4 is 11.9 Å². The number of hydrogen-bond donors (Lipinski definition) is 1. The van der Waals surface area contributed by atoms with Gasteiger partial charge < -0.3 is 18.9 Å². The summed E-state index contributed by atoms with van der Waals surface area (Å²) < 4.78 is 10.2. The molecule has 116 valence electrons. The van der Waals surface area contributed by atoms with Crippen LogP contribution in [0.15, 0.2) is 27.3 Å². The van der Waals surface area contributed by atoms with E-state index in [1.165, 1.54) is 11.2 Å². The SMILES string of the molecule is O=C(O)C1CCCN1C(=O)CCc1nc(-c2ccco2)no1. The maximum Gasteiger partial charge on any atom is 0.326 e. The van der Waals surface area contributed by atoms with E-state index >= 15 is 0 Å². The minimum atomic E-state index is -0.955. The zero-order valence-corrected chi connectivity index (χ0v) is 11.8. The molecule has 1 unspecified atom stereocenters. The summed E-state index contributed by atoms with van der Waals surface area (Å²) in [6.45, 7) is 0.483. The van der Waals surface area contributed by atoms with Crippen LogP contribution >= 0.6 is 0 Å². The summed E-state index contributed by atoms with van der Waals surface area (Å²) in [7, 11) is 0. The van der Waals surface area contributed by atoms with Gasteiger partial charge in [-0.05, 0) is 25.0 Å². The van der Waals surface area contributed by atoms with Crippen LogP contribution in [0, 0.1) is 0 Å². The molecule has 0 aromatic carbocycles. The summed E-state index contributed by atoms with van der Waals surface area (Å²) in [5.74, 6) is -0.0129. The fraction of sp³-hybridized carbons (Fsp3) is 0.429. The van der Waals surface area contributed by atoms with Crippen molar-refractivity contribution in [1.29, 1.82) is 0 Å². The van der Waals surface area contributed by atoms with Gasteiger partial charge in [-0.15, -0.1) is 0 Å². The van der Waals surface area contributed by atoms with Crippen molar-refractivity contribution in [3.63, 3.8) is 0 Å². The van der Waals surface area contributed by atoms with Crippen molar-refractivity contribution in [2.45, 2.75) is 31.7 Å². The van der Waals surface area contributed by atoms with Crippen LogP contribution in [-0.4, -0.2) is 44.6 Å². The first-order valence-corrected chi connectivity index (χ1v) is 7.04. The number of aromatic nitrogens is 2. The molecule has 0 bridgehead atoms. The number of furan rings is 1. The van der Waals surface area contributed by atoms with E-state index in [1.54, 1.807) is 12.1 Å². The molecule has 1 N–H and O–H groups in total. The van der Waals surface area contributed by atoms with Gasteiger partial charge in [0.25, 0.3) is 0 Å². The van der Waals surface area contributed by atoms with E-state index in [-0.39, 0.29) is 18.7 Å². The van der Waals surface area contributed by atoms with Crippen LogP contribution < -0.4 is 0 Å². The zero-order chi connectivity index (χ0) is 15.5. The van der Waals surface area contributed by atoms with E-state index < -0.39 is 12.0 Å². The van der Waals surface area contributed by atoms with Gasteiger partial charge in [0.1, 0.15) is 6.04 Å². The first-order valence-electron chi connectivity index (χ1n) is 7.04. The highest BCUT2D eigenvalue weighted by Gasteiger charge is 2.33. The number of amides is 1. The van der Waals surface area contributed by atoms with E-state index in [0.29, 0.717) is 36.9 Å². The lowest BCUT2D eigenvalue weighted by Crippen LogP contribution is -2.40. The summed E-state index contributed by atoms with van der Waals surface area (Å²) >= 11 is 0. The van der Waals surface area contributed by atoms with E-state index in [9.17, 15) is 9.59 Å². The number of carboxylic acid groups (broad SMARTS) is 1. The average molecular weight is 305 g/mol. The van der Waals surface area contributed by atoms with Gasteiger partial charge in [0.15, 0.2) is 5.76 Å². The van der Waals surface area contributed by atoms with E-state index in [4.69, 9.17) is 14.0 Å². The predicted molar refractivity (Wildman–Crippen MR) is 72.7 cm³/mol. The van der Waals surface area contributed by atoms with Gasteiger partial charge in [-0.2, -0.15) is 4.98 Å². The molecule has 1 aliphatic rings. The Morgan fingerprint density at radius 3 is 3.05 bits per heavy atom. The third kappa shape index (κ3) is 2.85. The Morgan fingerprint density at radius 2 is 2.32 bits per heavy atom. The van der Waals surface area contributed by atoms with Crippen LogP contribution in [0.2, 0.25) is 0 Å². The number of rotatable bonds is 5. The fourth-order valence-electron chi connectivity index (χ4n) is 2.54. The Labute approximate surface area is 125 Å². The van der Waals surface area contributed by atoms with E-state index in [0.717, 1.165) is 0 Å². The van der Waals surface area contributed by atoms with Crippen LogP contribution in [0.5, 0.6) is 0 Å². The second-order valence-electron chi connectivity index (χ2n) is 5.07. The summed E-state index contributed by atoms with van der Waals surface area (Å²) in [5.41, 5.74) is 0. The van der Waals surface area contributed by atoms with Gasteiger partial charge in [0.05, 0.1) is 6.26 Å². The summed E-state index contributed by atoms with van der Waals surface area (Å²) in [5, 5.41) is 12.9. The molecular formula is C14H15N3O5. The van der Waals surface area contributed by atoms with Crippen molar-refractivity contribution in [2.24, 2.45) is 0 Å². The standard InChI is InChI=1S/C14H15N3O5/c18-12(17-7-1-3-9(17)14(19)20)6-5-11-15-13(16-22-11)10-4-2-8-21-10/h2,4,8-9H,1,3,5-7H2,(H,19,20). The lowest BCUT2D eigenvalue weighted by molar-refractivity contribution is -0.148. The molecule has 0 aliphatic carbocycles. The monoisotopic (exact) mass is 305 g/mol. The van der Waals surface area contributed by atoms with Crippen molar-refractivity contribution < 1.29 is 23.6 Å². The van der Waals surface area contributed by atoms with Crippen LogP contribution in [0.25, 0.3) is 11.6 Å². The normalized spacial score (nSPS) is 17.8. The Bertz CT molecular complexity index is 664. The minimum Gasteiger partial charge on any atom is -0.480 e. The Hall–Kier alpha value is -2.64. The van der Waals surface area contributed by atoms with E-state index in [1.807, 2.05) is 0 Å². The van der Waals surface area contributed by atoms with Crippen molar-refractivity contribution in [3.8, 4) is 11.6 Å². The first-order chi connectivity index (χ1) is 10.6. The van der Waals surface area contributed by atoms with Gasteiger partial charge >= 0.3 is 5.97 Å². The molecule has 3 rings (SSSR count).